The van der Waals surface area contributed by atoms with Gasteiger partial charge in [0, 0.05) is 33.6 Å². The summed E-state index contributed by atoms with van der Waals surface area (Å²) in [4.78, 5) is 11.4. The average molecular weight is 822 g/mol. The number of ether oxygens (including phenoxy) is 3. The van der Waals surface area contributed by atoms with Gasteiger partial charge in [-0.2, -0.15) is 13.2 Å². The van der Waals surface area contributed by atoms with Gasteiger partial charge >= 0.3 is 33.2 Å². The maximum Gasteiger partial charge on any atom is 1.00 e. The van der Waals surface area contributed by atoms with Gasteiger partial charge in [-0.15, -0.1) is 0 Å². The number of alkyl halides is 3. The number of benzene rings is 3. The molecule has 3 aromatic carbocycles. The Kier molecular flexibility index (Phi) is 25.7. The second kappa shape index (κ2) is 27.1. The number of carbonyl (C=O) groups is 1. The molecule has 3 rings (SSSR count). The van der Waals surface area contributed by atoms with Crippen LogP contribution in [0.1, 0.15) is 106 Å². The standard InChI is InChI=1S/C15H24O3.C13H22O3Si.C12H14F3NO3S.Li/c1-4-13(2)14-5-7-15(8-6-14)18-12-11-17-10-9-16-3;1-6-11(2)12-7-9-13(10-8-12)17(14-3,15-4)16-5;1-3-8(2)9-4-6-10(7-5-9)11(17)16-20(18,19)12(13,14)15;/h5-8,13H,4,9-12H2,1-3H3;7-11H,6H2,1-5H3;4-8H,3H2,1-2H3,(H,16,17);/q;;;+1/p-1. The van der Waals surface area contributed by atoms with Gasteiger partial charge in [-0.1, -0.05) is 102 Å². The molecule has 0 N–H and O–H groups in total. The predicted octanol–water partition coefficient (Wildman–Crippen LogP) is 6.09. The second-order valence-electron chi connectivity index (χ2n) is 12.7. The van der Waals surface area contributed by atoms with Crippen LogP contribution < -0.4 is 28.8 Å². The van der Waals surface area contributed by atoms with Gasteiger partial charge in [0.1, 0.15) is 12.4 Å². The van der Waals surface area contributed by atoms with Crippen molar-refractivity contribution < 1.29 is 72.7 Å². The van der Waals surface area contributed by atoms with Crippen LogP contribution in [-0.2, 0) is 32.8 Å². The third-order valence-electron chi connectivity index (χ3n) is 9.08. The van der Waals surface area contributed by atoms with E-state index in [0.717, 1.165) is 35.8 Å². The maximum atomic E-state index is 12.1. The van der Waals surface area contributed by atoms with Gasteiger partial charge in [0.25, 0.3) is 0 Å². The molecule has 10 nitrogen and oxygen atoms in total. The summed E-state index contributed by atoms with van der Waals surface area (Å²) in [6.07, 6.45) is 3.16. The number of methoxy groups -OCH3 is 1. The normalized spacial score (nSPS) is 13.1. The molecule has 0 spiro atoms. The van der Waals surface area contributed by atoms with Gasteiger partial charge in [0.15, 0.2) is 10.0 Å². The Morgan fingerprint density at radius 1 is 0.661 bits per heavy atom. The number of sulfonamides is 1. The van der Waals surface area contributed by atoms with Crippen molar-refractivity contribution in [2.75, 3.05) is 54.9 Å². The molecule has 0 aliphatic heterocycles. The molecule has 3 unspecified atom stereocenters. The van der Waals surface area contributed by atoms with Crippen LogP contribution in [0, 0.1) is 0 Å². The summed E-state index contributed by atoms with van der Waals surface area (Å²) < 4.78 is 92.1. The molecular formula is C40H59F3LiNO9SSi. The monoisotopic (exact) mass is 821 g/mol. The zero-order chi connectivity index (χ0) is 41.7. The SMILES string of the molecule is CCC(C)c1ccc(C(=O)[N-]S(=O)(=O)C(F)(F)F)cc1.CCC(C)c1ccc(OCCOCCOC)cc1.CCC(C)c1ccc([Si](OC)(OC)OC)cc1.[Li+]. The molecule has 0 radical (unpaired) electrons. The van der Waals surface area contributed by atoms with Crippen LogP contribution in [0.4, 0.5) is 13.2 Å². The van der Waals surface area contributed by atoms with Gasteiger partial charge in [0.2, 0.25) is 0 Å². The summed E-state index contributed by atoms with van der Waals surface area (Å²) in [5.74, 6) is 0.884. The molecule has 0 aliphatic carbocycles. The van der Waals surface area contributed by atoms with E-state index in [-0.39, 0.29) is 30.3 Å². The average Bonchev–Trinajstić information content (AvgIpc) is 3.19. The van der Waals surface area contributed by atoms with Crippen molar-refractivity contribution in [1.82, 2.24) is 0 Å². The van der Waals surface area contributed by atoms with Crippen LogP contribution in [0.3, 0.4) is 0 Å². The Morgan fingerprint density at radius 2 is 1.05 bits per heavy atom. The minimum Gasteiger partial charge on any atom is -0.534 e. The van der Waals surface area contributed by atoms with Gasteiger partial charge in [-0.3, -0.25) is 0 Å². The van der Waals surface area contributed by atoms with Gasteiger partial charge in [-0.25, -0.2) is 8.42 Å². The summed E-state index contributed by atoms with van der Waals surface area (Å²) in [5.41, 5.74) is -2.17. The molecule has 0 bridgehead atoms. The number of hydrogen-bond donors (Lipinski definition) is 0. The number of hydrogen-bond acceptors (Lipinski definition) is 9. The van der Waals surface area contributed by atoms with E-state index in [2.05, 4.69) is 56.7 Å². The van der Waals surface area contributed by atoms with Crippen molar-refractivity contribution in [2.24, 2.45) is 0 Å². The predicted molar refractivity (Wildman–Crippen MR) is 213 cm³/mol. The Morgan fingerprint density at radius 3 is 1.43 bits per heavy atom. The molecule has 0 fully saturated rings. The topological polar surface area (TPSA) is 121 Å². The molecule has 3 aromatic rings. The molecule has 0 aliphatic rings. The van der Waals surface area contributed by atoms with E-state index < -0.39 is 30.2 Å². The van der Waals surface area contributed by atoms with Crippen LogP contribution in [0.15, 0.2) is 72.8 Å². The summed E-state index contributed by atoms with van der Waals surface area (Å²) in [6.45, 7) is 15.2. The van der Waals surface area contributed by atoms with Crippen molar-refractivity contribution in [3.63, 3.8) is 0 Å². The zero-order valence-corrected chi connectivity index (χ0v) is 36.6. The number of amides is 1. The van der Waals surface area contributed by atoms with Crippen LogP contribution in [0.25, 0.3) is 4.72 Å². The van der Waals surface area contributed by atoms with Crippen molar-refractivity contribution >= 4 is 29.9 Å². The molecule has 16 heteroatoms. The Labute approximate surface area is 345 Å². The first-order valence-corrected chi connectivity index (χ1v) is 21.4. The zero-order valence-electron chi connectivity index (χ0n) is 34.8. The third-order valence-corrected chi connectivity index (χ3v) is 12.7. The summed E-state index contributed by atoms with van der Waals surface area (Å²) >= 11 is 0. The maximum absolute atomic E-state index is 12.1. The second-order valence-corrected chi connectivity index (χ2v) is 17.2. The molecule has 310 valence electrons. The summed E-state index contributed by atoms with van der Waals surface area (Å²) in [6, 6.07) is 22.3. The van der Waals surface area contributed by atoms with E-state index in [1.54, 1.807) is 40.6 Å². The van der Waals surface area contributed by atoms with Gasteiger partial charge < -0.3 is 37.0 Å². The van der Waals surface area contributed by atoms with E-state index in [4.69, 9.17) is 27.5 Å². The molecule has 0 saturated carbocycles. The van der Waals surface area contributed by atoms with Crippen LogP contribution in [0.5, 0.6) is 5.75 Å². The Hall–Kier alpha value is -2.72. The molecule has 0 saturated heterocycles. The molecule has 1 amide bonds. The minimum atomic E-state index is -5.80. The smallest absolute Gasteiger partial charge is 0.534 e. The van der Waals surface area contributed by atoms with E-state index >= 15 is 0 Å². The fourth-order valence-corrected chi connectivity index (χ4v) is 7.06. The molecule has 3 atom stereocenters. The van der Waals surface area contributed by atoms with E-state index in [0.29, 0.717) is 38.3 Å². The van der Waals surface area contributed by atoms with E-state index in [9.17, 15) is 26.4 Å². The number of halogens is 3. The summed E-state index contributed by atoms with van der Waals surface area (Å²) in [5, 5.41) is 0.997. The largest absolute Gasteiger partial charge is 1.00 e. The van der Waals surface area contributed by atoms with Crippen molar-refractivity contribution in [1.29, 1.82) is 0 Å². The van der Waals surface area contributed by atoms with Crippen molar-refractivity contribution in [3.8, 4) is 5.75 Å². The number of carbonyl (C=O) groups excluding carboxylic acids is 1. The number of rotatable bonds is 19. The summed E-state index contributed by atoms with van der Waals surface area (Å²) in [7, 11) is -1.92. The minimum absolute atomic E-state index is 0. The first kappa shape index (κ1) is 53.3. The van der Waals surface area contributed by atoms with Crippen molar-refractivity contribution in [2.45, 2.75) is 84.1 Å². The van der Waals surface area contributed by atoms with Crippen LogP contribution in [-0.4, -0.2) is 83.5 Å². The first-order valence-electron chi connectivity index (χ1n) is 18.2. The quantitative estimate of drug-likeness (QED) is 0.105. The van der Waals surface area contributed by atoms with Crippen LogP contribution >= 0.6 is 0 Å². The first-order chi connectivity index (χ1) is 26.0. The molecule has 56 heavy (non-hydrogen) atoms. The van der Waals surface area contributed by atoms with Gasteiger partial charge in [-0.05, 0) is 71.4 Å². The fourth-order valence-electron chi connectivity index (χ4n) is 4.85. The third kappa shape index (κ3) is 17.4. The Bertz CT molecular complexity index is 1600. The molecular weight excluding hydrogens is 763 g/mol. The number of nitrogens with zero attached hydrogens (tertiary/aromatic N) is 1. The van der Waals surface area contributed by atoms with E-state index in [1.165, 1.54) is 23.3 Å². The molecule has 0 heterocycles. The van der Waals surface area contributed by atoms with E-state index in [1.807, 2.05) is 38.1 Å². The Balaban J connectivity index is 0.000000806. The fraction of sp³-hybridized carbons (Fsp3) is 0.525. The van der Waals surface area contributed by atoms with Gasteiger partial charge in [0.05, 0.1) is 25.7 Å². The van der Waals surface area contributed by atoms with Crippen LogP contribution in [0.2, 0.25) is 0 Å². The molecule has 0 aromatic heterocycles. The van der Waals surface area contributed by atoms with Crippen molar-refractivity contribution in [3.05, 3.63) is 99.8 Å².